The van der Waals surface area contributed by atoms with E-state index in [-0.39, 0.29) is 5.56 Å². The maximum Gasteiger partial charge on any atom is 0.262 e. The maximum atomic E-state index is 11.4. The van der Waals surface area contributed by atoms with Crippen LogP contribution < -0.4 is 5.56 Å². The molecular formula is C9H8N4O2. The average Bonchev–Trinajstić information content (AvgIpc) is 2.63. The van der Waals surface area contributed by atoms with Crippen LogP contribution in [-0.2, 0) is 4.79 Å². The second-order valence-electron chi connectivity index (χ2n) is 2.87. The summed E-state index contributed by atoms with van der Waals surface area (Å²) in [5.74, 6) is 0. The lowest BCUT2D eigenvalue weighted by atomic mass is 10.2. The van der Waals surface area contributed by atoms with Gasteiger partial charge in [-0.05, 0) is 6.08 Å². The third-order valence-electron chi connectivity index (χ3n) is 1.90. The molecule has 0 saturated carbocycles. The number of nitrogens with zero attached hydrogens (tertiary/aromatic N) is 2. The van der Waals surface area contributed by atoms with Crippen LogP contribution in [0.4, 0.5) is 0 Å². The molecule has 2 N–H and O–H groups in total. The Morgan fingerprint density at radius 1 is 1.47 bits per heavy atom. The van der Waals surface area contributed by atoms with Gasteiger partial charge in [0.15, 0.2) is 5.65 Å². The van der Waals surface area contributed by atoms with E-state index >= 15 is 0 Å². The van der Waals surface area contributed by atoms with Crippen molar-refractivity contribution in [1.29, 1.82) is 0 Å². The molecule has 0 saturated heterocycles. The number of carbonyl (C=O) groups is 1. The number of hydrogen-bond donors (Lipinski definition) is 2. The van der Waals surface area contributed by atoms with Gasteiger partial charge >= 0.3 is 0 Å². The van der Waals surface area contributed by atoms with E-state index in [4.69, 9.17) is 0 Å². The van der Waals surface area contributed by atoms with Gasteiger partial charge in [0.05, 0.1) is 12.0 Å². The van der Waals surface area contributed by atoms with Crippen molar-refractivity contribution in [1.82, 2.24) is 20.2 Å². The molecule has 2 rings (SSSR count). The predicted octanol–water partition coefficient (Wildman–Crippen LogP) is 0.248. The summed E-state index contributed by atoms with van der Waals surface area (Å²) >= 11 is 0. The molecule has 0 aromatic carbocycles. The number of aldehydes is 1. The maximum absolute atomic E-state index is 11.4. The minimum absolute atomic E-state index is 0.250. The van der Waals surface area contributed by atoms with Crippen molar-refractivity contribution in [2.75, 3.05) is 0 Å². The van der Waals surface area contributed by atoms with Crippen LogP contribution in [0.1, 0.15) is 12.1 Å². The van der Waals surface area contributed by atoms with E-state index in [1.54, 1.807) is 12.2 Å². The van der Waals surface area contributed by atoms with E-state index in [0.717, 1.165) is 6.29 Å². The van der Waals surface area contributed by atoms with Gasteiger partial charge in [-0.1, -0.05) is 6.08 Å². The molecule has 0 unspecified atom stereocenters. The molecule has 0 bridgehead atoms. The summed E-state index contributed by atoms with van der Waals surface area (Å²) in [7, 11) is 0. The Hall–Kier alpha value is -2.24. The first-order chi connectivity index (χ1) is 7.33. The number of carbonyl (C=O) groups excluding carboxylic acids is 1. The topological polar surface area (TPSA) is 91.5 Å². The zero-order valence-electron chi connectivity index (χ0n) is 7.73. The van der Waals surface area contributed by atoms with Crippen molar-refractivity contribution in [3.63, 3.8) is 0 Å². The standard InChI is InChI=1S/C9H8N4O2/c14-4-2-1-3-6-7-8(13-12-6)10-5-11-9(7)15/h1,3-5H,2H2,(H2,10,11,12,13,15). The van der Waals surface area contributed by atoms with E-state index in [0.29, 0.717) is 23.1 Å². The van der Waals surface area contributed by atoms with Gasteiger partial charge in [-0.3, -0.25) is 9.89 Å². The highest BCUT2D eigenvalue weighted by atomic mass is 16.1. The zero-order chi connectivity index (χ0) is 10.7. The molecule has 6 nitrogen and oxygen atoms in total. The third-order valence-corrected chi connectivity index (χ3v) is 1.90. The molecule has 0 radical (unpaired) electrons. The van der Waals surface area contributed by atoms with Gasteiger partial charge in [0.2, 0.25) is 0 Å². The van der Waals surface area contributed by atoms with E-state index < -0.39 is 0 Å². The molecule has 0 aliphatic rings. The van der Waals surface area contributed by atoms with Crippen molar-refractivity contribution in [2.24, 2.45) is 0 Å². The monoisotopic (exact) mass is 204 g/mol. The molecule has 2 heterocycles. The number of rotatable bonds is 3. The number of H-pyrrole nitrogens is 2. The molecule has 2 aromatic heterocycles. The summed E-state index contributed by atoms with van der Waals surface area (Å²) in [4.78, 5) is 27.9. The number of aromatic amines is 2. The molecule has 0 atom stereocenters. The Kier molecular flexibility index (Phi) is 2.40. The fourth-order valence-corrected chi connectivity index (χ4v) is 1.25. The summed E-state index contributed by atoms with van der Waals surface area (Å²) in [6, 6.07) is 0. The SMILES string of the molecule is O=CCC=Cc1[nH]nc2nc[nH]c(=O)c12. The Balaban J connectivity index is 2.53. The number of hydrogen-bond acceptors (Lipinski definition) is 4. The summed E-state index contributed by atoms with van der Waals surface area (Å²) < 4.78 is 0. The molecule has 0 amide bonds. The zero-order valence-corrected chi connectivity index (χ0v) is 7.73. The second kappa shape index (κ2) is 3.87. The molecule has 0 fully saturated rings. The third kappa shape index (κ3) is 1.69. The van der Waals surface area contributed by atoms with E-state index in [2.05, 4.69) is 20.2 Å². The second-order valence-corrected chi connectivity index (χ2v) is 2.87. The van der Waals surface area contributed by atoms with Gasteiger partial charge < -0.3 is 9.78 Å². The minimum atomic E-state index is -0.250. The summed E-state index contributed by atoms with van der Waals surface area (Å²) in [5.41, 5.74) is 0.671. The van der Waals surface area contributed by atoms with Gasteiger partial charge in [-0.25, -0.2) is 4.98 Å². The van der Waals surface area contributed by atoms with Crippen LogP contribution in [-0.4, -0.2) is 26.5 Å². The first-order valence-corrected chi connectivity index (χ1v) is 4.35. The predicted molar refractivity (Wildman–Crippen MR) is 54.2 cm³/mol. The minimum Gasteiger partial charge on any atom is -0.312 e. The molecule has 0 aliphatic carbocycles. The smallest absolute Gasteiger partial charge is 0.262 e. The molecule has 0 spiro atoms. The van der Waals surface area contributed by atoms with Crippen LogP contribution in [0, 0.1) is 0 Å². The van der Waals surface area contributed by atoms with Crippen molar-refractivity contribution in [3.8, 4) is 0 Å². The summed E-state index contributed by atoms with van der Waals surface area (Å²) in [6.45, 7) is 0. The largest absolute Gasteiger partial charge is 0.312 e. The first kappa shape index (κ1) is 9.32. The Bertz CT molecular complexity index is 567. The van der Waals surface area contributed by atoms with Gasteiger partial charge in [-0.15, -0.1) is 0 Å². The average molecular weight is 204 g/mol. The normalized spacial score (nSPS) is 11.2. The van der Waals surface area contributed by atoms with Gasteiger partial charge in [0.1, 0.15) is 11.7 Å². The van der Waals surface area contributed by atoms with Crippen LogP contribution in [0.2, 0.25) is 0 Å². The number of allylic oxidation sites excluding steroid dienone is 1. The molecule has 15 heavy (non-hydrogen) atoms. The fraction of sp³-hybridized carbons (Fsp3) is 0.111. The Morgan fingerprint density at radius 3 is 3.13 bits per heavy atom. The highest BCUT2D eigenvalue weighted by Gasteiger charge is 2.06. The van der Waals surface area contributed by atoms with E-state index in [9.17, 15) is 9.59 Å². The van der Waals surface area contributed by atoms with Crippen molar-refractivity contribution in [3.05, 3.63) is 28.5 Å². The lowest BCUT2D eigenvalue weighted by Gasteiger charge is -1.87. The molecule has 0 aliphatic heterocycles. The molecule has 76 valence electrons. The van der Waals surface area contributed by atoms with Crippen LogP contribution in [0.25, 0.3) is 17.1 Å². The van der Waals surface area contributed by atoms with E-state index in [1.807, 2.05) is 0 Å². The van der Waals surface area contributed by atoms with E-state index in [1.165, 1.54) is 6.33 Å². The first-order valence-electron chi connectivity index (χ1n) is 4.35. The van der Waals surface area contributed by atoms with Crippen molar-refractivity contribution in [2.45, 2.75) is 6.42 Å². The van der Waals surface area contributed by atoms with Crippen LogP contribution >= 0.6 is 0 Å². The summed E-state index contributed by atoms with van der Waals surface area (Å²) in [5, 5.41) is 6.94. The summed E-state index contributed by atoms with van der Waals surface area (Å²) in [6.07, 6.45) is 5.66. The highest BCUT2D eigenvalue weighted by Crippen LogP contribution is 2.09. The van der Waals surface area contributed by atoms with Crippen molar-refractivity contribution < 1.29 is 4.79 Å². The number of fused-ring (bicyclic) bond motifs is 1. The van der Waals surface area contributed by atoms with Gasteiger partial charge in [0, 0.05) is 6.42 Å². The van der Waals surface area contributed by atoms with Gasteiger partial charge in [-0.2, -0.15) is 5.10 Å². The fourth-order valence-electron chi connectivity index (χ4n) is 1.25. The highest BCUT2D eigenvalue weighted by molar-refractivity contribution is 5.82. The van der Waals surface area contributed by atoms with Crippen molar-refractivity contribution >= 4 is 23.4 Å². The molecular weight excluding hydrogens is 196 g/mol. The van der Waals surface area contributed by atoms with Crippen LogP contribution in [0.3, 0.4) is 0 Å². The number of nitrogens with one attached hydrogen (secondary N) is 2. The van der Waals surface area contributed by atoms with Crippen LogP contribution in [0.15, 0.2) is 17.2 Å². The molecule has 2 aromatic rings. The Morgan fingerprint density at radius 2 is 2.33 bits per heavy atom. The van der Waals surface area contributed by atoms with Gasteiger partial charge in [0.25, 0.3) is 5.56 Å². The Labute approximate surface area is 84.0 Å². The number of aromatic nitrogens is 4. The lowest BCUT2D eigenvalue weighted by Crippen LogP contribution is -2.05. The quantitative estimate of drug-likeness (QED) is 0.701. The van der Waals surface area contributed by atoms with Crippen LogP contribution in [0.5, 0.6) is 0 Å². The molecule has 6 heteroatoms. The lowest BCUT2D eigenvalue weighted by molar-refractivity contribution is -0.107.